The molecule has 0 saturated carbocycles. The number of carbonyl (C=O) groups is 1. The van der Waals surface area contributed by atoms with Crippen LogP contribution in [-0.2, 0) is 4.74 Å². The number of ether oxygens (including phenoxy) is 1. The fourth-order valence-corrected chi connectivity index (χ4v) is 5.22. The number of rotatable bonds is 8. The molecule has 2 aromatic rings. The molecule has 0 bridgehead atoms. The quantitative estimate of drug-likeness (QED) is 0.487. The molecule has 2 rings (SSSR count). The molecule has 0 fully saturated rings. The van der Waals surface area contributed by atoms with Gasteiger partial charge in [0, 0.05) is 11.5 Å². The molecule has 0 radical (unpaired) electrons. The number of nitrogens with zero attached hydrogens (tertiary/aromatic N) is 1. The summed E-state index contributed by atoms with van der Waals surface area (Å²) in [6.07, 6.45) is 5.22. The van der Waals surface area contributed by atoms with E-state index in [1.165, 1.54) is 16.5 Å². The van der Waals surface area contributed by atoms with Crippen LogP contribution >= 0.6 is 0 Å². The number of benzene rings is 1. The van der Waals surface area contributed by atoms with E-state index in [1.54, 1.807) is 0 Å². The molecule has 0 amide bonds. The molecule has 0 saturated heterocycles. The maximum Gasteiger partial charge on any atom is 0.338 e. The van der Waals surface area contributed by atoms with Gasteiger partial charge in [-0.1, -0.05) is 50.3 Å². The summed E-state index contributed by atoms with van der Waals surface area (Å²) < 4.78 is 5.08. The van der Waals surface area contributed by atoms with Crippen molar-refractivity contribution in [3.05, 3.63) is 65.5 Å². The highest BCUT2D eigenvalue weighted by atomic mass is 28.3. The number of carbonyl (C=O) groups excluding carboxylic acids is 1. The third-order valence-electron chi connectivity index (χ3n) is 4.43. The third kappa shape index (κ3) is 5.40. The van der Waals surface area contributed by atoms with Gasteiger partial charge in [0.15, 0.2) is 0 Å². The Bertz CT molecular complexity index is 736. The first kappa shape index (κ1) is 20.1. The number of esters is 1. The highest BCUT2D eigenvalue weighted by Gasteiger charge is 2.23. The zero-order valence-corrected chi connectivity index (χ0v) is 17.3. The van der Waals surface area contributed by atoms with Gasteiger partial charge in [-0.25, -0.2) is 4.79 Å². The van der Waals surface area contributed by atoms with Gasteiger partial charge in [0.2, 0.25) is 0 Å². The summed E-state index contributed by atoms with van der Waals surface area (Å²) in [7, 11) is -1.79. The van der Waals surface area contributed by atoms with E-state index in [2.05, 4.69) is 42.8 Å². The van der Waals surface area contributed by atoms with Gasteiger partial charge < -0.3 is 4.74 Å². The summed E-state index contributed by atoms with van der Waals surface area (Å²) in [5, 5.41) is 1.19. The number of allylic oxidation sites excluding steroid dienone is 1. The summed E-state index contributed by atoms with van der Waals surface area (Å²) in [5.41, 5.74) is 5.59. The van der Waals surface area contributed by atoms with Gasteiger partial charge in [0.25, 0.3) is 0 Å². The molecule has 0 unspecified atom stereocenters. The van der Waals surface area contributed by atoms with Crippen molar-refractivity contribution in [3.8, 4) is 0 Å². The first-order valence-electron chi connectivity index (χ1n) is 9.38. The second kappa shape index (κ2) is 9.48. The highest BCUT2D eigenvalue weighted by molar-refractivity contribution is 6.94. The van der Waals surface area contributed by atoms with Crippen molar-refractivity contribution in [2.24, 2.45) is 0 Å². The van der Waals surface area contributed by atoms with Crippen molar-refractivity contribution in [2.75, 3.05) is 6.61 Å². The fourth-order valence-electron chi connectivity index (χ4n) is 2.96. The maximum absolute atomic E-state index is 11.9. The fraction of sp³-hybridized carbons (Fsp3) is 0.364. The van der Waals surface area contributed by atoms with Crippen LogP contribution in [0, 0.1) is 0 Å². The molecule has 4 heteroatoms. The smallest absolute Gasteiger partial charge is 0.338 e. The SMILES string of the molecule is CCCC/C(=C/[Si](C)(C)c1ccccn1)c1ccc(C(=O)OCC)cc1. The predicted molar refractivity (Wildman–Crippen MR) is 111 cm³/mol. The van der Waals surface area contributed by atoms with E-state index in [4.69, 9.17) is 4.74 Å². The minimum absolute atomic E-state index is 0.263. The van der Waals surface area contributed by atoms with Gasteiger partial charge in [-0.05, 0) is 55.2 Å². The largest absolute Gasteiger partial charge is 0.462 e. The van der Waals surface area contributed by atoms with Crippen LogP contribution in [0.2, 0.25) is 13.1 Å². The summed E-state index contributed by atoms with van der Waals surface area (Å²) in [5.74, 6) is -0.263. The van der Waals surface area contributed by atoms with Gasteiger partial charge in [0.05, 0.1) is 12.2 Å². The molecule has 3 nitrogen and oxygen atoms in total. The van der Waals surface area contributed by atoms with Crippen LogP contribution in [0.3, 0.4) is 0 Å². The topological polar surface area (TPSA) is 39.2 Å². The molecule has 0 N–H and O–H groups in total. The second-order valence-corrected chi connectivity index (χ2v) is 11.3. The van der Waals surface area contributed by atoms with Crippen molar-refractivity contribution >= 4 is 24.9 Å². The third-order valence-corrected chi connectivity index (χ3v) is 7.11. The van der Waals surface area contributed by atoms with E-state index in [1.807, 2.05) is 43.5 Å². The molecule has 0 aliphatic heterocycles. The molecular weight excluding hydrogens is 338 g/mol. The van der Waals surface area contributed by atoms with Gasteiger partial charge in [-0.15, -0.1) is 0 Å². The van der Waals surface area contributed by atoms with Crippen molar-refractivity contribution in [3.63, 3.8) is 0 Å². The van der Waals surface area contributed by atoms with E-state index in [0.29, 0.717) is 12.2 Å². The van der Waals surface area contributed by atoms with Crippen LogP contribution in [-0.4, -0.2) is 25.6 Å². The van der Waals surface area contributed by atoms with Crippen molar-refractivity contribution in [2.45, 2.75) is 46.2 Å². The minimum atomic E-state index is -1.79. The Balaban J connectivity index is 2.33. The molecule has 138 valence electrons. The average Bonchev–Trinajstić information content (AvgIpc) is 2.66. The molecular formula is C22H29NO2Si. The predicted octanol–water partition coefficient (Wildman–Crippen LogP) is 4.99. The van der Waals surface area contributed by atoms with Crippen LogP contribution in [0.1, 0.15) is 49.0 Å². The number of unbranched alkanes of at least 4 members (excludes halogenated alkanes) is 1. The average molecular weight is 368 g/mol. The van der Waals surface area contributed by atoms with Gasteiger partial charge >= 0.3 is 5.97 Å². The van der Waals surface area contributed by atoms with E-state index in [-0.39, 0.29) is 5.97 Å². The Kier molecular flexibility index (Phi) is 7.34. The lowest BCUT2D eigenvalue weighted by Crippen LogP contribution is -2.41. The summed E-state index contributed by atoms with van der Waals surface area (Å²) >= 11 is 0. The van der Waals surface area contributed by atoms with E-state index in [0.717, 1.165) is 19.3 Å². The van der Waals surface area contributed by atoms with Crippen molar-refractivity contribution in [1.29, 1.82) is 0 Å². The second-order valence-electron chi connectivity index (χ2n) is 7.01. The van der Waals surface area contributed by atoms with E-state index < -0.39 is 8.07 Å². The standard InChI is InChI=1S/C22H29NO2Si/c1-5-7-10-20(17-26(3,4)21-11-8-9-16-23-21)18-12-14-19(15-13-18)22(24)25-6-2/h8-9,11-17H,5-7,10H2,1-4H3/b20-17-. The molecule has 1 aromatic carbocycles. The molecule has 0 spiro atoms. The van der Waals surface area contributed by atoms with Crippen molar-refractivity contribution < 1.29 is 9.53 Å². The Labute approximate surface area is 158 Å². The zero-order chi connectivity index (χ0) is 19.0. The molecule has 1 heterocycles. The normalized spacial score (nSPS) is 12.1. The number of pyridine rings is 1. The van der Waals surface area contributed by atoms with Crippen LogP contribution in [0.25, 0.3) is 5.57 Å². The van der Waals surface area contributed by atoms with Crippen LogP contribution in [0.5, 0.6) is 0 Å². The maximum atomic E-state index is 11.9. The molecule has 0 atom stereocenters. The lowest BCUT2D eigenvalue weighted by atomic mass is 10.0. The molecule has 0 aliphatic rings. The van der Waals surface area contributed by atoms with Crippen molar-refractivity contribution in [1.82, 2.24) is 4.98 Å². The Morgan fingerprint density at radius 1 is 1.08 bits per heavy atom. The zero-order valence-electron chi connectivity index (χ0n) is 16.3. The van der Waals surface area contributed by atoms with Crippen LogP contribution in [0.4, 0.5) is 0 Å². The van der Waals surface area contributed by atoms with Gasteiger partial charge in [0.1, 0.15) is 8.07 Å². The number of hydrogen-bond donors (Lipinski definition) is 0. The Hall–Kier alpha value is -2.20. The summed E-state index contributed by atoms with van der Waals surface area (Å²) in [6.45, 7) is 9.08. The molecule has 1 aromatic heterocycles. The minimum Gasteiger partial charge on any atom is -0.462 e. The number of hydrogen-bond acceptors (Lipinski definition) is 3. The first-order valence-corrected chi connectivity index (χ1v) is 12.5. The lowest BCUT2D eigenvalue weighted by molar-refractivity contribution is 0.0526. The monoisotopic (exact) mass is 367 g/mol. The van der Waals surface area contributed by atoms with Gasteiger partial charge in [-0.3, -0.25) is 4.98 Å². The van der Waals surface area contributed by atoms with Gasteiger partial charge in [-0.2, -0.15) is 0 Å². The molecule has 0 aliphatic carbocycles. The van der Waals surface area contributed by atoms with Crippen LogP contribution in [0.15, 0.2) is 54.4 Å². The van der Waals surface area contributed by atoms with E-state index in [9.17, 15) is 4.79 Å². The molecule has 26 heavy (non-hydrogen) atoms. The first-order chi connectivity index (χ1) is 12.5. The Morgan fingerprint density at radius 3 is 2.35 bits per heavy atom. The lowest BCUT2D eigenvalue weighted by Gasteiger charge is -2.20. The summed E-state index contributed by atoms with van der Waals surface area (Å²) in [4.78, 5) is 16.5. The van der Waals surface area contributed by atoms with Crippen LogP contribution < -0.4 is 5.32 Å². The number of aromatic nitrogens is 1. The highest BCUT2D eigenvalue weighted by Crippen LogP contribution is 2.24. The Morgan fingerprint density at radius 2 is 1.77 bits per heavy atom. The van der Waals surface area contributed by atoms with E-state index >= 15 is 0 Å². The summed E-state index contributed by atoms with van der Waals surface area (Å²) in [6, 6.07) is 14.0.